The second-order valence-electron chi connectivity index (χ2n) is 6.69. The van der Waals surface area contributed by atoms with Crippen LogP contribution in [0.15, 0.2) is 72.7 Å². The summed E-state index contributed by atoms with van der Waals surface area (Å²) in [4.78, 5) is 29.9. The second-order valence-corrected chi connectivity index (χ2v) is 6.69. The van der Waals surface area contributed by atoms with Crippen LogP contribution in [-0.2, 0) is 4.79 Å². The largest absolute Gasteiger partial charge is 0.493 e. The smallest absolute Gasteiger partial charge is 0.272 e. The van der Waals surface area contributed by atoms with E-state index in [2.05, 4.69) is 15.6 Å². The molecule has 0 aliphatic rings. The molecule has 158 valence electrons. The maximum absolute atomic E-state index is 12.9. The lowest BCUT2D eigenvalue weighted by molar-refractivity contribution is -0.113. The topological polar surface area (TPSA) is 89.5 Å². The molecule has 0 saturated carbocycles. The van der Waals surface area contributed by atoms with Gasteiger partial charge in [0.05, 0.1) is 14.2 Å². The van der Waals surface area contributed by atoms with Crippen molar-refractivity contribution in [1.29, 1.82) is 0 Å². The van der Waals surface area contributed by atoms with Crippen LogP contribution in [0.2, 0.25) is 0 Å². The minimum absolute atomic E-state index is 0.0772. The summed E-state index contributed by atoms with van der Waals surface area (Å²) in [5.74, 6) is -0.00369. The van der Waals surface area contributed by atoms with Crippen LogP contribution < -0.4 is 20.1 Å². The number of nitrogens with zero attached hydrogens (tertiary/aromatic N) is 1. The maximum Gasteiger partial charge on any atom is 0.272 e. The summed E-state index contributed by atoms with van der Waals surface area (Å²) in [6.07, 6.45) is 4.79. The van der Waals surface area contributed by atoms with E-state index in [0.29, 0.717) is 28.3 Å². The van der Waals surface area contributed by atoms with E-state index in [4.69, 9.17) is 9.47 Å². The number of amides is 2. The van der Waals surface area contributed by atoms with E-state index in [-0.39, 0.29) is 5.70 Å². The van der Waals surface area contributed by atoms with E-state index in [9.17, 15) is 9.59 Å². The minimum Gasteiger partial charge on any atom is -0.493 e. The average molecular weight is 417 g/mol. The normalized spacial score (nSPS) is 10.9. The Kier molecular flexibility index (Phi) is 7.01. The highest BCUT2D eigenvalue weighted by atomic mass is 16.5. The molecule has 2 N–H and O–H groups in total. The molecule has 0 saturated heterocycles. The summed E-state index contributed by atoms with van der Waals surface area (Å²) in [5.41, 5.74) is 2.76. The molecule has 0 radical (unpaired) electrons. The van der Waals surface area contributed by atoms with Crippen molar-refractivity contribution in [2.24, 2.45) is 0 Å². The van der Waals surface area contributed by atoms with Crippen molar-refractivity contribution in [3.8, 4) is 11.5 Å². The highest BCUT2D eigenvalue weighted by Crippen LogP contribution is 2.27. The van der Waals surface area contributed by atoms with Crippen LogP contribution >= 0.6 is 0 Å². The van der Waals surface area contributed by atoms with Crippen molar-refractivity contribution in [2.45, 2.75) is 6.92 Å². The van der Waals surface area contributed by atoms with E-state index in [1.165, 1.54) is 14.2 Å². The fourth-order valence-corrected chi connectivity index (χ4v) is 2.79. The molecule has 1 aromatic heterocycles. The van der Waals surface area contributed by atoms with Gasteiger partial charge in [-0.25, -0.2) is 0 Å². The van der Waals surface area contributed by atoms with E-state index in [0.717, 1.165) is 5.56 Å². The predicted molar refractivity (Wildman–Crippen MR) is 119 cm³/mol. The van der Waals surface area contributed by atoms with Crippen molar-refractivity contribution in [3.63, 3.8) is 0 Å². The van der Waals surface area contributed by atoms with Gasteiger partial charge in [0.2, 0.25) is 0 Å². The van der Waals surface area contributed by atoms with E-state index in [1.807, 2.05) is 19.1 Å². The molecule has 31 heavy (non-hydrogen) atoms. The van der Waals surface area contributed by atoms with Crippen LogP contribution in [-0.4, -0.2) is 31.0 Å². The highest BCUT2D eigenvalue weighted by Gasteiger charge is 2.17. The lowest BCUT2D eigenvalue weighted by Crippen LogP contribution is -2.30. The monoisotopic (exact) mass is 417 g/mol. The Hall–Kier alpha value is -4.13. The molecule has 7 nitrogen and oxygen atoms in total. The number of aryl methyl sites for hydroxylation is 1. The number of aromatic nitrogens is 1. The number of pyridine rings is 1. The Morgan fingerprint density at radius 3 is 2.35 bits per heavy atom. The third-order valence-electron chi connectivity index (χ3n) is 4.44. The number of ether oxygens (including phenoxy) is 2. The fraction of sp³-hybridized carbons (Fsp3) is 0.125. The van der Waals surface area contributed by atoms with E-state index in [1.54, 1.807) is 60.9 Å². The molecule has 0 fully saturated rings. The first-order valence-corrected chi connectivity index (χ1v) is 9.53. The van der Waals surface area contributed by atoms with Gasteiger partial charge in [0.15, 0.2) is 11.5 Å². The number of carbonyl (C=O) groups excluding carboxylic acids is 2. The number of methoxy groups -OCH3 is 2. The molecular formula is C24H23N3O4. The van der Waals surface area contributed by atoms with Gasteiger partial charge in [0.25, 0.3) is 11.8 Å². The van der Waals surface area contributed by atoms with Gasteiger partial charge in [-0.2, -0.15) is 0 Å². The molecule has 2 aromatic carbocycles. The van der Waals surface area contributed by atoms with Gasteiger partial charge in [0, 0.05) is 23.6 Å². The Balaban J connectivity index is 1.87. The van der Waals surface area contributed by atoms with Gasteiger partial charge < -0.3 is 20.1 Å². The molecule has 7 heteroatoms. The summed E-state index contributed by atoms with van der Waals surface area (Å²) >= 11 is 0. The van der Waals surface area contributed by atoms with Crippen LogP contribution in [0.3, 0.4) is 0 Å². The summed E-state index contributed by atoms with van der Waals surface area (Å²) in [6, 6.07) is 15.7. The van der Waals surface area contributed by atoms with Crippen LogP contribution in [0.25, 0.3) is 6.08 Å². The molecule has 0 unspecified atom stereocenters. The van der Waals surface area contributed by atoms with Gasteiger partial charge in [-0.1, -0.05) is 23.8 Å². The molecular weight excluding hydrogens is 394 g/mol. The zero-order chi connectivity index (χ0) is 22.2. The molecule has 0 spiro atoms. The third-order valence-corrected chi connectivity index (χ3v) is 4.44. The molecule has 3 aromatic rings. The summed E-state index contributed by atoms with van der Waals surface area (Å²) in [5, 5.41) is 5.49. The molecule has 3 rings (SSSR count). The van der Waals surface area contributed by atoms with Gasteiger partial charge in [-0.05, 0) is 55.0 Å². The Morgan fingerprint density at radius 1 is 0.968 bits per heavy atom. The molecule has 0 aliphatic heterocycles. The van der Waals surface area contributed by atoms with Crippen molar-refractivity contribution >= 4 is 23.6 Å². The average Bonchev–Trinajstić information content (AvgIpc) is 2.80. The van der Waals surface area contributed by atoms with Crippen LogP contribution in [0, 0.1) is 6.92 Å². The highest BCUT2D eigenvalue weighted by molar-refractivity contribution is 6.10. The number of anilines is 1. The molecule has 0 aliphatic carbocycles. The predicted octanol–water partition coefficient (Wildman–Crippen LogP) is 3.82. The van der Waals surface area contributed by atoms with Crippen LogP contribution in [0.5, 0.6) is 11.5 Å². The van der Waals surface area contributed by atoms with Crippen molar-refractivity contribution < 1.29 is 19.1 Å². The number of carbonyl (C=O) groups is 2. The number of benzene rings is 2. The van der Waals surface area contributed by atoms with Crippen LogP contribution in [0.4, 0.5) is 5.69 Å². The summed E-state index contributed by atoms with van der Waals surface area (Å²) in [6.45, 7) is 1.96. The standard InChI is InChI=1S/C24H23N3O4/c1-16-6-9-19(10-7-16)26-24(29)20(13-17-5-4-12-25-15-17)27-23(28)18-8-11-21(30-2)22(14-18)31-3/h4-15H,1-3H3,(H,26,29)(H,27,28). The lowest BCUT2D eigenvalue weighted by atomic mass is 10.1. The first-order chi connectivity index (χ1) is 15.0. The number of hydrogen-bond acceptors (Lipinski definition) is 5. The number of hydrogen-bond donors (Lipinski definition) is 2. The Labute approximate surface area is 180 Å². The number of nitrogens with one attached hydrogen (secondary N) is 2. The molecule has 0 bridgehead atoms. The zero-order valence-corrected chi connectivity index (χ0v) is 17.5. The summed E-state index contributed by atoms with van der Waals surface area (Å²) in [7, 11) is 3.00. The van der Waals surface area contributed by atoms with Gasteiger partial charge in [-0.3, -0.25) is 14.6 Å². The van der Waals surface area contributed by atoms with E-state index >= 15 is 0 Å². The second kappa shape index (κ2) is 10.1. The molecule has 0 atom stereocenters. The quantitative estimate of drug-likeness (QED) is 0.571. The third kappa shape index (κ3) is 5.70. The van der Waals surface area contributed by atoms with Crippen molar-refractivity contribution in [1.82, 2.24) is 10.3 Å². The maximum atomic E-state index is 12.9. The first-order valence-electron chi connectivity index (χ1n) is 9.53. The molecule has 2 amide bonds. The van der Waals surface area contributed by atoms with Gasteiger partial charge in [-0.15, -0.1) is 0 Å². The fourth-order valence-electron chi connectivity index (χ4n) is 2.79. The SMILES string of the molecule is COc1ccc(C(=O)NC(=Cc2cccnc2)C(=O)Nc2ccc(C)cc2)cc1OC. The summed E-state index contributed by atoms with van der Waals surface area (Å²) < 4.78 is 10.5. The molecule has 1 heterocycles. The van der Waals surface area contributed by atoms with Crippen LogP contribution in [0.1, 0.15) is 21.5 Å². The van der Waals surface area contributed by atoms with Crippen molar-refractivity contribution in [2.75, 3.05) is 19.5 Å². The van der Waals surface area contributed by atoms with Gasteiger partial charge >= 0.3 is 0 Å². The Morgan fingerprint density at radius 2 is 1.71 bits per heavy atom. The van der Waals surface area contributed by atoms with Gasteiger partial charge in [0.1, 0.15) is 5.70 Å². The van der Waals surface area contributed by atoms with Crippen molar-refractivity contribution in [3.05, 3.63) is 89.4 Å². The zero-order valence-electron chi connectivity index (χ0n) is 17.5. The number of rotatable bonds is 7. The lowest BCUT2D eigenvalue weighted by Gasteiger charge is -2.13. The Bertz CT molecular complexity index is 1090. The first kappa shape index (κ1) is 21.6. The minimum atomic E-state index is -0.463. The van der Waals surface area contributed by atoms with E-state index < -0.39 is 11.8 Å².